The van der Waals surface area contributed by atoms with E-state index in [-0.39, 0.29) is 30.2 Å². The van der Waals surface area contributed by atoms with Crippen LogP contribution in [0.3, 0.4) is 0 Å². The molecule has 0 unspecified atom stereocenters. The maximum atomic E-state index is 12.8. The number of carbonyl (C=O) groups is 1. The molecule has 3 nitrogen and oxygen atoms in total. The minimum atomic E-state index is -0.287. The van der Waals surface area contributed by atoms with E-state index in [0.717, 1.165) is 5.56 Å². The lowest BCUT2D eigenvalue weighted by molar-refractivity contribution is -0.123. The summed E-state index contributed by atoms with van der Waals surface area (Å²) < 4.78 is 12.8. The molecule has 0 spiro atoms. The van der Waals surface area contributed by atoms with E-state index in [2.05, 4.69) is 5.32 Å². The van der Waals surface area contributed by atoms with Crippen molar-refractivity contribution in [1.82, 2.24) is 5.32 Å². The van der Waals surface area contributed by atoms with E-state index in [1.165, 1.54) is 12.1 Å². The number of amides is 1. The number of aliphatic hydroxyl groups excluding tert-OH is 1. The summed E-state index contributed by atoms with van der Waals surface area (Å²) in [6.07, 6.45) is 0.358. The van der Waals surface area contributed by atoms with Gasteiger partial charge in [-0.1, -0.05) is 12.1 Å². The molecule has 1 heterocycles. The molecule has 1 fully saturated rings. The largest absolute Gasteiger partial charge is 0.396 e. The second-order valence-corrected chi connectivity index (χ2v) is 4.11. The van der Waals surface area contributed by atoms with Crippen molar-refractivity contribution in [3.8, 4) is 0 Å². The first-order chi connectivity index (χ1) is 7.70. The van der Waals surface area contributed by atoms with E-state index in [0.29, 0.717) is 13.0 Å². The van der Waals surface area contributed by atoms with Crippen LogP contribution in [0.1, 0.15) is 17.9 Å². The molecule has 2 rings (SSSR count). The molecule has 1 saturated heterocycles. The summed E-state index contributed by atoms with van der Waals surface area (Å²) in [4.78, 5) is 11.3. The van der Waals surface area contributed by atoms with Crippen molar-refractivity contribution in [1.29, 1.82) is 0 Å². The summed E-state index contributed by atoms with van der Waals surface area (Å²) in [5.74, 6) is -0.300. The normalized spacial score (nSPS) is 25.2. The fourth-order valence-electron chi connectivity index (χ4n) is 2.12. The van der Waals surface area contributed by atoms with Crippen LogP contribution in [0.2, 0.25) is 0 Å². The van der Waals surface area contributed by atoms with Crippen LogP contribution in [-0.4, -0.2) is 24.2 Å². The topological polar surface area (TPSA) is 49.3 Å². The average molecular weight is 223 g/mol. The molecule has 1 aromatic carbocycles. The number of piperidine rings is 1. The number of halogens is 1. The number of aliphatic hydroxyl groups is 1. The molecule has 0 aliphatic carbocycles. The minimum Gasteiger partial charge on any atom is -0.396 e. The first kappa shape index (κ1) is 11.1. The molecular formula is C12H14FNO2. The minimum absolute atomic E-state index is 0.0145. The number of benzene rings is 1. The summed E-state index contributed by atoms with van der Waals surface area (Å²) in [6.45, 7) is 0.514. The Morgan fingerprint density at radius 1 is 1.38 bits per heavy atom. The van der Waals surface area contributed by atoms with Crippen LogP contribution in [0.25, 0.3) is 0 Å². The van der Waals surface area contributed by atoms with Crippen LogP contribution in [0.4, 0.5) is 4.39 Å². The third-order valence-corrected chi connectivity index (χ3v) is 3.07. The molecule has 1 aliphatic rings. The van der Waals surface area contributed by atoms with Gasteiger partial charge in [0.05, 0.1) is 0 Å². The SMILES string of the molecule is O=C1C[C@H](c2ccc(F)cc2)[C@@H](CO)CN1. The van der Waals surface area contributed by atoms with Crippen LogP contribution in [0.5, 0.6) is 0 Å². The molecule has 0 saturated carbocycles. The van der Waals surface area contributed by atoms with Crippen molar-refractivity contribution in [2.75, 3.05) is 13.2 Å². The number of hydrogen-bond acceptors (Lipinski definition) is 2. The van der Waals surface area contributed by atoms with Crippen LogP contribution in [0.15, 0.2) is 24.3 Å². The van der Waals surface area contributed by atoms with Gasteiger partial charge >= 0.3 is 0 Å². The quantitative estimate of drug-likeness (QED) is 0.787. The Morgan fingerprint density at radius 2 is 2.06 bits per heavy atom. The molecule has 4 heteroatoms. The first-order valence-corrected chi connectivity index (χ1v) is 5.33. The van der Waals surface area contributed by atoms with E-state index in [4.69, 9.17) is 0 Å². The molecule has 2 atom stereocenters. The van der Waals surface area contributed by atoms with Crippen LogP contribution in [-0.2, 0) is 4.79 Å². The molecule has 86 valence electrons. The van der Waals surface area contributed by atoms with Gasteiger partial charge in [0.1, 0.15) is 5.82 Å². The molecule has 1 aromatic rings. The fraction of sp³-hybridized carbons (Fsp3) is 0.417. The number of nitrogens with one attached hydrogen (secondary N) is 1. The lowest BCUT2D eigenvalue weighted by atomic mass is 9.81. The molecule has 2 N–H and O–H groups in total. The number of hydrogen-bond donors (Lipinski definition) is 2. The monoisotopic (exact) mass is 223 g/mol. The molecule has 0 aromatic heterocycles. The van der Waals surface area contributed by atoms with E-state index >= 15 is 0 Å². The maximum Gasteiger partial charge on any atom is 0.220 e. The Bertz CT molecular complexity index is 377. The first-order valence-electron chi connectivity index (χ1n) is 5.33. The second-order valence-electron chi connectivity index (χ2n) is 4.11. The van der Waals surface area contributed by atoms with Gasteiger partial charge < -0.3 is 10.4 Å². The number of rotatable bonds is 2. The van der Waals surface area contributed by atoms with Gasteiger partial charge in [-0.3, -0.25) is 4.79 Å². The van der Waals surface area contributed by atoms with Crippen molar-refractivity contribution in [2.45, 2.75) is 12.3 Å². The zero-order valence-electron chi connectivity index (χ0n) is 8.82. The zero-order valence-corrected chi connectivity index (χ0v) is 8.82. The third kappa shape index (κ3) is 2.22. The summed E-state index contributed by atoms with van der Waals surface area (Å²) in [5, 5.41) is 12.0. The van der Waals surface area contributed by atoms with E-state index in [9.17, 15) is 14.3 Å². The van der Waals surface area contributed by atoms with Crippen molar-refractivity contribution in [3.63, 3.8) is 0 Å². The molecule has 0 bridgehead atoms. The van der Waals surface area contributed by atoms with Gasteiger partial charge in [0.25, 0.3) is 0 Å². The van der Waals surface area contributed by atoms with Gasteiger partial charge in [-0.25, -0.2) is 4.39 Å². The smallest absolute Gasteiger partial charge is 0.220 e. The molecule has 1 amide bonds. The van der Waals surface area contributed by atoms with Crippen molar-refractivity contribution in [3.05, 3.63) is 35.6 Å². The summed E-state index contributed by atoms with van der Waals surface area (Å²) >= 11 is 0. The van der Waals surface area contributed by atoms with E-state index in [1.807, 2.05) is 0 Å². The van der Waals surface area contributed by atoms with E-state index < -0.39 is 0 Å². The lowest BCUT2D eigenvalue weighted by Gasteiger charge is -2.30. The predicted octanol–water partition coefficient (Wildman–Crippen LogP) is 1.04. The van der Waals surface area contributed by atoms with Gasteiger partial charge in [-0.05, 0) is 23.6 Å². The van der Waals surface area contributed by atoms with Crippen LogP contribution >= 0.6 is 0 Å². The lowest BCUT2D eigenvalue weighted by Crippen LogP contribution is -2.41. The molecular weight excluding hydrogens is 209 g/mol. The summed E-state index contributed by atoms with van der Waals surface area (Å²) in [7, 11) is 0. The Kier molecular flexibility index (Phi) is 3.19. The molecule has 1 aliphatic heterocycles. The second kappa shape index (κ2) is 4.61. The van der Waals surface area contributed by atoms with Crippen molar-refractivity contribution < 1.29 is 14.3 Å². The summed E-state index contributed by atoms with van der Waals surface area (Å²) in [6, 6.07) is 6.13. The van der Waals surface area contributed by atoms with Gasteiger partial charge in [0.2, 0.25) is 5.91 Å². The maximum absolute atomic E-state index is 12.8. The highest BCUT2D eigenvalue weighted by Gasteiger charge is 2.29. The zero-order chi connectivity index (χ0) is 11.5. The van der Waals surface area contributed by atoms with Gasteiger partial charge in [0, 0.05) is 25.5 Å². The summed E-state index contributed by atoms with van der Waals surface area (Å²) in [5.41, 5.74) is 0.912. The Labute approximate surface area is 93.3 Å². The Balaban J connectivity index is 2.22. The van der Waals surface area contributed by atoms with Crippen molar-refractivity contribution >= 4 is 5.91 Å². The average Bonchev–Trinajstić information content (AvgIpc) is 2.30. The van der Waals surface area contributed by atoms with Crippen LogP contribution < -0.4 is 5.32 Å². The fourth-order valence-corrected chi connectivity index (χ4v) is 2.12. The van der Waals surface area contributed by atoms with Crippen LogP contribution in [0, 0.1) is 11.7 Å². The Hall–Kier alpha value is -1.42. The highest BCUT2D eigenvalue weighted by Crippen LogP contribution is 2.30. The molecule has 16 heavy (non-hydrogen) atoms. The predicted molar refractivity (Wildman–Crippen MR) is 57.3 cm³/mol. The number of carbonyl (C=O) groups excluding carboxylic acids is 1. The van der Waals surface area contributed by atoms with Gasteiger partial charge in [0.15, 0.2) is 0 Å². The van der Waals surface area contributed by atoms with E-state index in [1.54, 1.807) is 12.1 Å². The van der Waals surface area contributed by atoms with Crippen molar-refractivity contribution in [2.24, 2.45) is 5.92 Å². The molecule has 0 radical (unpaired) electrons. The highest BCUT2D eigenvalue weighted by molar-refractivity contribution is 5.77. The van der Waals surface area contributed by atoms with Gasteiger partial charge in [-0.2, -0.15) is 0 Å². The van der Waals surface area contributed by atoms with Gasteiger partial charge in [-0.15, -0.1) is 0 Å². The standard InChI is InChI=1S/C12H14FNO2/c13-10-3-1-8(2-4-10)11-5-12(16)14-6-9(11)7-15/h1-4,9,11,15H,5-7H2,(H,14,16)/t9-,11-/m1/s1. The highest BCUT2D eigenvalue weighted by atomic mass is 19.1. The Morgan fingerprint density at radius 3 is 2.69 bits per heavy atom. The third-order valence-electron chi connectivity index (χ3n) is 3.07.